The zero-order valence-corrected chi connectivity index (χ0v) is 9.72. The van der Waals surface area contributed by atoms with Crippen LogP contribution in [0.1, 0.15) is 17.0 Å². The first-order valence-corrected chi connectivity index (χ1v) is 5.80. The Morgan fingerprint density at radius 1 is 1.28 bits per heavy atom. The summed E-state index contributed by atoms with van der Waals surface area (Å²) in [5.74, 6) is 0.535. The standard InChI is InChI=1S/C13H11N5/c14-7-12-9-8-15-6-4-10(9)17-13(18-12)11-3-1-2-5-16-11/h1-3,5,15H,4,6,8H2. The lowest BCUT2D eigenvalue weighted by Crippen LogP contribution is -2.26. The molecule has 0 aromatic carbocycles. The third-order valence-corrected chi connectivity index (χ3v) is 2.93. The average Bonchev–Trinajstić information content (AvgIpc) is 2.47. The molecule has 18 heavy (non-hydrogen) atoms. The van der Waals surface area contributed by atoms with Crippen LogP contribution in [0.5, 0.6) is 0 Å². The van der Waals surface area contributed by atoms with E-state index in [1.54, 1.807) is 6.20 Å². The molecule has 5 heteroatoms. The Bertz CT molecular complexity index is 615. The van der Waals surface area contributed by atoms with E-state index in [0.29, 0.717) is 23.8 Å². The summed E-state index contributed by atoms with van der Waals surface area (Å²) >= 11 is 0. The Kier molecular flexibility index (Phi) is 2.71. The minimum Gasteiger partial charge on any atom is -0.312 e. The highest BCUT2D eigenvalue weighted by Gasteiger charge is 2.18. The van der Waals surface area contributed by atoms with Gasteiger partial charge in [-0.3, -0.25) is 4.98 Å². The number of nitrogens with one attached hydrogen (secondary N) is 1. The molecular formula is C13H11N5. The van der Waals surface area contributed by atoms with Crippen LogP contribution in [0.3, 0.4) is 0 Å². The molecule has 3 heterocycles. The van der Waals surface area contributed by atoms with Gasteiger partial charge in [0.2, 0.25) is 0 Å². The normalized spacial score (nSPS) is 13.7. The molecule has 1 N–H and O–H groups in total. The van der Waals surface area contributed by atoms with E-state index in [4.69, 9.17) is 0 Å². The molecule has 0 radical (unpaired) electrons. The topological polar surface area (TPSA) is 74.5 Å². The average molecular weight is 237 g/mol. The molecule has 1 aliphatic rings. The van der Waals surface area contributed by atoms with Gasteiger partial charge >= 0.3 is 0 Å². The molecule has 0 saturated carbocycles. The third kappa shape index (κ3) is 1.83. The SMILES string of the molecule is N#Cc1nc(-c2ccccn2)nc2c1CNCC2. The Balaban J connectivity index is 2.16. The lowest BCUT2D eigenvalue weighted by atomic mass is 10.1. The minimum absolute atomic E-state index is 0.452. The van der Waals surface area contributed by atoms with E-state index >= 15 is 0 Å². The summed E-state index contributed by atoms with van der Waals surface area (Å²) in [5, 5.41) is 12.4. The van der Waals surface area contributed by atoms with Crippen molar-refractivity contribution in [2.24, 2.45) is 0 Å². The molecule has 0 unspecified atom stereocenters. The lowest BCUT2D eigenvalue weighted by Gasteiger charge is -2.17. The quantitative estimate of drug-likeness (QED) is 0.802. The van der Waals surface area contributed by atoms with E-state index < -0.39 is 0 Å². The lowest BCUT2D eigenvalue weighted by molar-refractivity contribution is 0.624. The third-order valence-electron chi connectivity index (χ3n) is 2.93. The molecule has 0 aliphatic carbocycles. The predicted octanol–water partition coefficient (Wildman–Crippen LogP) is 1.06. The highest BCUT2D eigenvalue weighted by atomic mass is 15.0. The van der Waals surface area contributed by atoms with Crippen LogP contribution in [0, 0.1) is 11.3 Å². The van der Waals surface area contributed by atoms with Crippen molar-refractivity contribution in [2.45, 2.75) is 13.0 Å². The number of hydrogen-bond donors (Lipinski definition) is 1. The molecule has 2 aromatic heterocycles. The van der Waals surface area contributed by atoms with Crippen molar-refractivity contribution in [3.63, 3.8) is 0 Å². The summed E-state index contributed by atoms with van der Waals surface area (Å²) in [5.41, 5.74) is 3.03. The zero-order chi connectivity index (χ0) is 12.4. The van der Waals surface area contributed by atoms with Gasteiger partial charge in [-0.15, -0.1) is 0 Å². The summed E-state index contributed by atoms with van der Waals surface area (Å²) in [4.78, 5) is 13.1. The fourth-order valence-electron chi connectivity index (χ4n) is 2.05. The monoisotopic (exact) mass is 237 g/mol. The second-order valence-corrected chi connectivity index (χ2v) is 4.07. The molecule has 0 saturated heterocycles. The van der Waals surface area contributed by atoms with Crippen LogP contribution in [0.4, 0.5) is 0 Å². The first kappa shape index (κ1) is 10.8. The zero-order valence-electron chi connectivity index (χ0n) is 9.72. The first-order chi connectivity index (χ1) is 8.88. The van der Waals surface area contributed by atoms with E-state index in [-0.39, 0.29) is 0 Å². The van der Waals surface area contributed by atoms with Crippen molar-refractivity contribution < 1.29 is 0 Å². The second kappa shape index (κ2) is 4.51. The molecule has 3 rings (SSSR count). The number of hydrogen-bond acceptors (Lipinski definition) is 5. The van der Waals surface area contributed by atoms with Gasteiger partial charge in [0.1, 0.15) is 17.5 Å². The fourth-order valence-corrected chi connectivity index (χ4v) is 2.05. The molecule has 5 nitrogen and oxygen atoms in total. The molecular weight excluding hydrogens is 226 g/mol. The van der Waals surface area contributed by atoms with Crippen LogP contribution >= 0.6 is 0 Å². The number of nitriles is 1. The number of aromatic nitrogens is 3. The molecule has 2 aromatic rings. The van der Waals surface area contributed by atoms with Crippen LogP contribution in [0.25, 0.3) is 11.5 Å². The summed E-state index contributed by atoms with van der Waals surface area (Å²) in [7, 11) is 0. The van der Waals surface area contributed by atoms with Gasteiger partial charge in [-0.25, -0.2) is 9.97 Å². The largest absolute Gasteiger partial charge is 0.312 e. The highest BCUT2D eigenvalue weighted by Crippen LogP contribution is 2.19. The predicted molar refractivity (Wildman–Crippen MR) is 65.4 cm³/mol. The van der Waals surface area contributed by atoms with Crippen LogP contribution in [0.2, 0.25) is 0 Å². The van der Waals surface area contributed by atoms with Gasteiger partial charge in [-0.1, -0.05) is 6.07 Å². The maximum absolute atomic E-state index is 9.18. The molecule has 0 fully saturated rings. The van der Waals surface area contributed by atoms with Crippen LogP contribution < -0.4 is 5.32 Å². The van der Waals surface area contributed by atoms with E-state index in [9.17, 15) is 5.26 Å². The van der Waals surface area contributed by atoms with Gasteiger partial charge in [0.15, 0.2) is 5.82 Å². The number of fused-ring (bicyclic) bond motifs is 1. The Labute approximate surface area is 105 Å². The maximum Gasteiger partial charge on any atom is 0.179 e. The number of nitrogens with zero attached hydrogens (tertiary/aromatic N) is 4. The van der Waals surface area contributed by atoms with Crippen LogP contribution in [0.15, 0.2) is 24.4 Å². The van der Waals surface area contributed by atoms with E-state index in [1.165, 1.54) is 0 Å². The van der Waals surface area contributed by atoms with E-state index in [0.717, 1.165) is 24.2 Å². The van der Waals surface area contributed by atoms with Gasteiger partial charge in [0, 0.05) is 31.3 Å². The van der Waals surface area contributed by atoms with Gasteiger partial charge in [-0.2, -0.15) is 5.26 Å². The van der Waals surface area contributed by atoms with Crippen molar-refractivity contribution in [3.8, 4) is 17.6 Å². The maximum atomic E-state index is 9.18. The Hall–Kier alpha value is -2.32. The summed E-state index contributed by atoms with van der Waals surface area (Å²) in [6, 6.07) is 7.73. The summed E-state index contributed by atoms with van der Waals surface area (Å²) < 4.78 is 0. The van der Waals surface area contributed by atoms with Crippen molar-refractivity contribution in [3.05, 3.63) is 41.3 Å². The van der Waals surface area contributed by atoms with Gasteiger partial charge in [0.25, 0.3) is 0 Å². The Morgan fingerprint density at radius 2 is 2.22 bits per heavy atom. The first-order valence-electron chi connectivity index (χ1n) is 5.80. The molecule has 0 amide bonds. The van der Waals surface area contributed by atoms with E-state index in [2.05, 4.69) is 26.3 Å². The fraction of sp³-hybridized carbons (Fsp3) is 0.231. The van der Waals surface area contributed by atoms with Crippen LogP contribution in [-0.4, -0.2) is 21.5 Å². The van der Waals surface area contributed by atoms with Crippen molar-refractivity contribution in [1.29, 1.82) is 5.26 Å². The van der Waals surface area contributed by atoms with Gasteiger partial charge in [0.05, 0.1) is 5.69 Å². The molecule has 0 spiro atoms. The second-order valence-electron chi connectivity index (χ2n) is 4.07. The Morgan fingerprint density at radius 3 is 3.00 bits per heavy atom. The highest BCUT2D eigenvalue weighted by molar-refractivity contribution is 5.52. The molecule has 88 valence electrons. The number of rotatable bonds is 1. The van der Waals surface area contributed by atoms with Gasteiger partial charge in [-0.05, 0) is 12.1 Å². The smallest absolute Gasteiger partial charge is 0.179 e. The molecule has 0 atom stereocenters. The van der Waals surface area contributed by atoms with Crippen molar-refractivity contribution >= 4 is 0 Å². The molecule has 1 aliphatic heterocycles. The van der Waals surface area contributed by atoms with Crippen LogP contribution in [-0.2, 0) is 13.0 Å². The summed E-state index contributed by atoms with van der Waals surface area (Å²) in [6.45, 7) is 1.55. The summed E-state index contributed by atoms with van der Waals surface area (Å²) in [6.07, 6.45) is 2.53. The minimum atomic E-state index is 0.452. The van der Waals surface area contributed by atoms with E-state index in [1.807, 2.05) is 18.2 Å². The number of pyridine rings is 1. The van der Waals surface area contributed by atoms with Gasteiger partial charge < -0.3 is 5.32 Å². The van der Waals surface area contributed by atoms with Crippen molar-refractivity contribution in [2.75, 3.05) is 6.54 Å². The van der Waals surface area contributed by atoms with Crippen molar-refractivity contribution in [1.82, 2.24) is 20.3 Å². The molecule has 0 bridgehead atoms.